The van der Waals surface area contributed by atoms with Gasteiger partial charge >= 0.3 is 5.97 Å². The van der Waals surface area contributed by atoms with Crippen molar-refractivity contribution in [1.29, 1.82) is 0 Å². The van der Waals surface area contributed by atoms with Crippen molar-refractivity contribution in [1.82, 2.24) is 0 Å². The first kappa shape index (κ1) is 16.7. The minimum atomic E-state index is -0.316. The molecule has 0 radical (unpaired) electrons. The van der Waals surface area contributed by atoms with Gasteiger partial charge in [-0.15, -0.1) is 0 Å². The Hall–Kier alpha value is -2.62. The summed E-state index contributed by atoms with van der Waals surface area (Å²) in [7, 11) is 0. The summed E-state index contributed by atoms with van der Waals surface area (Å²) in [6.07, 6.45) is 0. The molecule has 0 aliphatic heterocycles. The second-order valence-electron chi connectivity index (χ2n) is 5.39. The number of ether oxygens (including phenoxy) is 1. The van der Waals surface area contributed by atoms with Crippen molar-refractivity contribution in [2.45, 2.75) is 13.8 Å². The van der Waals surface area contributed by atoms with Crippen LogP contribution >= 0.6 is 0 Å². The summed E-state index contributed by atoms with van der Waals surface area (Å²) in [4.78, 5) is 25.3. The molecular formula is C19H21NO3. The molecule has 0 aliphatic rings. The normalized spacial score (nSPS) is 10.2. The zero-order valence-corrected chi connectivity index (χ0v) is 13.5. The number of ketones is 1. The number of carbonyl (C=O) groups excluding carboxylic acids is 2. The molecule has 2 aromatic rings. The minimum absolute atomic E-state index is 0.0370. The van der Waals surface area contributed by atoms with Gasteiger partial charge in [0.25, 0.3) is 0 Å². The first-order valence-electron chi connectivity index (χ1n) is 7.59. The van der Waals surface area contributed by atoms with Crippen molar-refractivity contribution >= 4 is 17.4 Å². The maximum absolute atomic E-state index is 12.5. The molecule has 0 saturated carbocycles. The molecule has 0 bridgehead atoms. The van der Waals surface area contributed by atoms with E-state index in [-0.39, 0.29) is 24.9 Å². The zero-order valence-electron chi connectivity index (χ0n) is 13.5. The summed E-state index contributed by atoms with van der Waals surface area (Å²) in [5, 5.41) is 0. The van der Waals surface area contributed by atoms with E-state index in [1.165, 1.54) is 6.92 Å². The average Bonchev–Trinajstić information content (AvgIpc) is 2.54. The Morgan fingerprint density at radius 2 is 1.78 bits per heavy atom. The molecule has 0 spiro atoms. The quantitative estimate of drug-likeness (QED) is 0.582. The van der Waals surface area contributed by atoms with Gasteiger partial charge in [0.05, 0.1) is 13.1 Å². The Kier molecular flexibility index (Phi) is 5.92. The lowest BCUT2D eigenvalue weighted by molar-refractivity contribution is -0.140. The minimum Gasteiger partial charge on any atom is -0.464 e. The van der Waals surface area contributed by atoms with E-state index in [1.807, 2.05) is 66.4 Å². The number of anilines is 1. The lowest BCUT2D eigenvalue weighted by Crippen LogP contribution is -2.33. The third kappa shape index (κ3) is 5.25. The highest BCUT2D eigenvalue weighted by Gasteiger charge is 2.14. The molecule has 120 valence electrons. The van der Waals surface area contributed by atoms with Gasteiger partial charge in [-0.25, -0.2) is 0 Å². The second-order valence-corrected chi connectivity index (χ2v) is 5.39. The number of carbonyl (C=O) groups is 2. The Labute approximate surface area is 136 Å². The van der Waals surface area contributed by atoms with Crippen molar-refractivity contribution in [2.24, 2.45) is 0 Å². The van der Waals surface area contributed by atoms with E-state index in [0.717, 1.165) is 11.3 Å². The van der Waals surface area contributed by atoms with Crippen molar-refractivity contribution in [2.75, 3.05) is 24.6 Å². The van der Waals surface area contributed by atoms with E-state index in [0.29, 0.717) is 12.1 Å². The molecule has 2 rings (SSSR count). The molecule has 0 saturated heterocycles. The standard InChI is InChI=1S/C19H21NO3/c1-15-7-6-10-18(13-15)20(11-12-23-16(2)21)14-19(22)17-8-4-3-5-9-17/h3-10,13H,11-12,14H2,1-2H3. The van der Waals surface area contributed by atoms with Crippen LogP contribution in [0.3, 0.4) is 0 Å². The van der Waals surface area contributed by atoms with Gasteiger partial charge in [0.1, 0.15) is 6.61 Å². The van der Waals surface area contributed by atoms with Crippen LogP contribution in [0, 0.1) is 6.92 Å². The molecule has 0 atom stereocenters. The molecule has 0 aliphatic carbocycles. The summed E-state index contributed by atoms with van der Waals surface area (Å²) in [5.74, 6) is -0.279. The van der Waals surface area contributed by atoms with E-state index in [9.17, 15) is 9.59 Å². The fourth-order valence-corrected chi connectivity index (χ4v) is 2.31. The maximum Gasteiger partial charge on any atom is 0.302 e. The van der Waals surface area contributed by atoms with Gasteiger partial charge in [-0.05, 0) is 24.6 Å². The number of hydrogen-bond donors (Lipinski definition) is 0. The molecule has 4 heteroatoms. The van der Waals surface area contributed by atoms with Crippen molar-refractivity contribution in [3.8, 4) is 0 Å². The molecule has 0 fully saturated rings. The van der Waals surface area contributed by atoms with E-state index in [2.05, 4.69) is 0 Å². The van der Waals surface area contributed by atoms with Crippen LogP contribution in [0.4, 0.5) is 5.69 Å². The monoisotopic (exact) mass is 311 g/mol. The summed E-state index contributed by atoms with van der Waals surface area (Å²) in [6.45, 7) is 4.36. The lowest BCUT2D eigenvalue weighted by Gasteiger charge is -2.24. The maximum atomic E-state index is 12.5. The highest BCUT2D eigenvalue weighted by atomic mass is 16.5. The van der Waals surface area contributed by atoms with Crippen LogP contribution in [-0.4, -0.2) is 31.4 Å². The van der Waals surface area contributed by atoms with E-state index < -0.39 is 0 Å². The SMILES string of the molecule is CC(=O)OCCN(CC(=O)c1ccccc1)c1cccc(C)c1. The Morgan fingerprint density at radius 3 is 2.43 bits per heavy atom. The number of Topliss-reactive ketones (excluding diaryl/α,β-unsaturated/α-hetero) is 1. The van der Waals surface area contributed by atoms with E-state index in [1.54, 1.807) is 0 Å². The predicted molar refractivity (Wildman–Crippen MR) is 90.8 cm³/mol. The fourth-order valence-electron chi connectivity index (χ4n) is 2.31. The van der Waals surface area contributed by atoms with E-state index in [4.69, 9.17) is 4.74 Å². The number of hydrogen-bond acceptors (Lipinski definition) is 4. The average molecular weight is 311 g/mol. The molecule has 2 aromatic carbocycles. The number of benzene rings is 2. The Morgan fingerprint density at radius 1 is 1.04 bits per heavy atom. The molecule has 0 heterocycles. The van der Waals surface area contributed by atoms with Crippen molar-refractivity contribution in [3.63, 3.8) is 0 Å². The number of rotatable bonds is 7. The fraction of sp³-hybridized carbons (Fsp3) is 0.263. The third-order valence-corrected chi connectivity index (χ3v) is 3.46. The van der Waals surface area contributed by atoms with Gasteiger partial charge in [-0.3, -0.25) is 9.59 Å². The summed E-state index contributed by atoms with van der Waals surface area (Å²) in [6, 6.07) is 17.1. The van der Waals surface area contributed by atoms with Crippen LogP contribution in [0.25, 0.3) is 0 Å². The van der Waals surface area contributed by atoms with Crippen LogP contribution in [0.15, 0.2) is 54.6 Å². The summed E-state index contributed by atoms with van der Waals surface area (Å²) < 4.78 is 5.02. The van der Waals surface area contributed by atoms with Gasteiger partial charge in [0.2, 0.25) is 0 Å². The number of nitrogens with zero attached hydrogens (tertiary/aromatic N) is 1. The molecule has 0 unspecified atom stereocenters. The van der Waals surface area contributed by atoms with Crippen molar-refractivity contribution in [3.05, 3.63) is 65.7 Å². The topological polar surface area (TPSA) is 46.6 Å². The van der Waals surface area contributed by atoms with Gasteiger partial charge in [0, 0.05) is 18.2 Å². The molecular weight excluding hydrogens is 290 g/mol. The van der Waals surface area contributed by atoms with Crippen LogP contribution in [0.1, 0.15) is 22.8 Å². The highest BCUT2D eigenvalue weighted by molar-refractivity contribution is 5.99. The molecule has 0 N–H and O–H groups in total. The molecule has 23 heavy (non-hydrogen) atoms. The molecule has 4 nitrogen and oxygen atoms in total. The summed E-state index contributed by atoms with van der Waals surface area (Å²) in [5.41, 5.74) is 2.74. The largest absolute Gasteiger partial charge is 0.464 e. The second kappa shape index (κ2) is 8.13. The van der Waals surface area contributed by atoms with Gasteiger partial charge in [-0.1, -0.05) is 42.5 Å². The van der Waals surface area contributed by atoms with Crippen LogP contribution in [0.2, 0.25) is 0 Å². The van der Waals surface area contributed by atoms with Crippen LogP contribution in [0.5, 0.6) is 0 Å². The molecule has 0 amide bonds. The number of esters is 1. The first-order valence-corrected chi connectivity index (χ1v) is 7.59. The third-order valence-electron chi connectivity index (χ3n) is 3.46. The first-order chi connectivity index (χ1) is 11.1. The van der Waals surface area contributed by atoms with Gasteiger partial charge < -0.3 is 9.64 Å². The Bertz CT molecular complexity index is 667. The lowest BCUT2D eigenvalue weighted by atomic mass is 10.1. The number of aryl methyl sites for hydroxylation is 1. The summed E-state index contributed by atoms with van der Waals surface area (Å²) >= 11 is 0. The van der Waals surface area contributed by atoms with Gasteiger partial charge in [0.15, 0.2) is 5.78 Å². The van der Waals surface area contributed by atoms with Crippen LogP contribution in [-0.2, 0) is 9.53 Å². The van der Waals surface area contributed by atoms with E-state index >= 15 is 0 Å². The smallest absolute Gasteiger partial charge is 0.302 e. The van der Waals surface area contributed by atoms with Crippen molar-refractivity contribution < 1.29 is 14.3 Å². The zero-order chi connectivity index (χ0) is 16.7. The van der Waals surface area contributed by atoms with Gasteiger partial charge in [-0.2, -0.15) is 0 Å². The molecule has 0 aromatic heterocycles. The predicted octanol–water partition coefficient (Wildman–Crippen LogP) is 3.25. The Balaban J connectivity index is 2.12. The van der Waals surface area contributed by atoms with Crippen LogP contribution < -0.4 is 4.90 Å². The highest BCUT2D eigenvalue weighted by Crippen LogP contribution is 2.16.